The van der Waals surface area contributed by atoms with E-state index in [0.717, 1.165) is 12.7 Å². The number of aldehydes is 1. The first-order chi connectivity index (χ1) is 9.69. The first-order valence-corrected chi connectivity index (χ1v) is 6.31. The highest BCUT2D eigenvalue weighted by molar-refractivity contribution is 5.49. The van der Waals surface area contributed by atoms with Gasteiger partial charge in [-0.05, 0) is 43.5 Å². The number of benzene rings is 2. The summed E-state index contributed by atoms with van der Waals surface area (Å²) in [4.78, 5) is 22.5. The van der Waals surface area contributed by atoms with E-state index >= 15 is 0 Å². The molecule has 0 spiro atoms. The Kier molecular flexibility index (Phi) is 6.66. The second-order valence-electron chi connectivity index (χ2n) is 4.27. The molecule has 0 aromatic heterocycles. The average molecular weight is 267 g/mol. The van der Waals surface area contributed by atoms with E-state index in [-0.39, 0.29) is 0 Å². The van der Waals surface area contributed by atoms with Crippen molar-refractivity contribution in [1.29, 1.82) is 0 Å². The minimum atomic E-state index is 0.646. The molecule has 2 rings (SSSR count). The van der Waals surface area contributed by atoms with Gasteiger partial charge in [-0.15, -0.1) is 0 Å². The molecule has 0 aliphatic carbocycles. The van der Waals surface area contributed by atoms with E-state index < -0.39 is 0 Å². The van der Waals surface area contributed by atoms with Crippen LogP contribution in [0.25, 0.3) is 0 Å². The van der Waals surface area contributed by atoms with Crippen molar-refractivity contribution in [2.75, 3.05) is 0 Å². The van der Waals surface area contributed by atoms with Crippen molar-refractivity contribution in [2.24, 2.45) is 4.99 Å². The van der Waals surface area contributed by atoms with Gasteiger partial charge >= 0.3 is 0 Å². The highest BCUT2D eigenvalue weighted by Gasteiger charge is 1.96. The summed E-state index contributed by atoms with van der Waals surface area (Å²) in [5.74, 6) is 0. The van der Waals surface area contributed by atoms with Crippen LogP contribution in [0.2, 0.25) is 0 Å². The van der Waals surface area contributed by atoms with Crippen LogP contribution >= 0.6 is 0 Å². The Morgan fingerprint density at radius 3 is 1.90 bits per heavy atom. The summed E-state index contributed by atoms with van der Waals surface area (Å²) in [5, 5.41) is 0. The molecule has 0 bridgehead atoms. The lowest BCUT2D eigenvalue weighted by atomic mass is 10.0. The molecule has 2 aromatic rings. The van der Waals surface area contributed by atoms with Crippen molar-refractivity contribution < 1.29 is 9.59 Å². The molecule has 0 aliphatic rings. The number of carbonyl (C=O) groups is 1. The summed E-state index contributed by atoms with van der Waals surface area (Å²) in [7, 11) is 0. The molecule has 0 amide bonds. The van der Waals surface area contributed by atoms with Gasteiger partial charge in [0, 0.05) is 0 Å². The third-order valence-corrected chi connectivity index (χ3v) is 2.64. The van der Waals surface area contributed by atoms with E-state index in [9.17, 15) is 4.79 Å². The van der Waals surface area contributed by atoms with Crippen LogP contribution in [0.5, 0.6) is 0 Å². The van der Waals surface area contributed by atoms with Crippen LogP contribution in [0.4, 0.5) is 5.69 Å². The van der Waals surface area contributed by atoms with Crippen molar-refractivity contribution in [3.8, 4) is 0 Å². The number of carbonyl (C=O) groups excluding carboxylic acids is 2. The Labute approximate surface area is 119 Å². The van der Waals surface area contributed by atoms with E-state index in [1.165, 1.54) is 29.7 Å². The number of rotatable bonds is 3. The normalized spacial score (nSPS) is 8.90. The van der Waals surface area contributed by atoms with Crippen LogP contribution in [-0.4, -0.2) is 12.4 Å². The SMILES string of the molecule is CC=O.Cc1ccc(Cc2ccc(N=C=O)cc2)cc1. The van der Waals surface area contributed by atoms with Gasteiger partial charge in [-0.1, -0.05) is 42.0 Å². The van der Waals surface area contributed by atoms with Crippen LogP contribution < -0.4 is 0 Å². The molecule has 0 aliphatic heterocycles. The van der Waals surface area contributed by atoms with Gasteiger partial charge in [0.25, 0.3) is 0 Å². The van der Waals surface area contributed by atoms with Crippen molar-refractivity contribution in [2.45, 2.75) is 20.3 Å². The Hall–Kier alpha value is -2.51. The van der Waals surface area contributed by atoms with Gasteiger partial charge in [-0.2, -0.15) is 4.99 Å². The molecular weight excluding hydrogens is 250 g/mol. The summed E-state index contributed by atoms with van der Waals surface area (Å²) in [6.45, 7) is 3.52. The number of nitrogens with zero attached hydrogens (tertiary/aromatic N) is 1. The maximum atomic E-state index is 10.1. The molecule has 0 heterocycles. The minimum Gasteiger partial charge on any atom is -0.304 e. The Bertz CT molecular complexity index is 579. The lowest BCUT2D eigenvalue weighted by Gasteiger charge is -2.02. The molecule has 0 N–H and O–H groups in total. The zero-order valence-corrected chi connectivity index (χ0v) is 11.7. The van der Waals surface area contributed by atoms with Crippen LogP contribution in [0.3, 0.4) is 0 Å². The molecule has 0 saturated heterocycles. The second kappa shape index (κ2) is 8.57. The van der Waals surface area contributed by atoms with Crippen LogP contribution in [0.1, 0.15) is 23.6 Å². The van der Waals surface area contributed by atoms with Crippen LogP contribution in [0, 0.1) is 6.92 Å². The van der Waals surface area contributed by atoms with Gasteiger partial charge in [0.15, 0.2) is 0 Å². The van der Waals surface area contributed by atoms with E-state index in [2.05, 4.69) is 36.2 Å². The molecule has 3 heteroatoms. The molecule has 0 radical (unpaired) electrons. The molecule has 0 saturated carbocycles. The summed E-state index contributed by atoms with van der Waals surface area (Å²) in [5.41, 5.74) is 4.40. The first-order valence-electron chi connectivity index (χ1n) is 6.31. The molecule has 3 nitrogen and oxygen atoms in total. The molecule has 2 aromatic carbocycles. The monoisotopic (exact) mass is 267 g/mol. The van der Waals surface area contributed by atoms with Gasteiger partial charge < -0.3 is 4.79 Å². The van der Waals surface area contributed by atoms with Gasteiger partial charge in [0.1, 0.15) is 6.29 Å². The maximum absolute atomic E-state index is 10.1. The fraction of sp³-hybridized carbons (Fsp3) is 0.176. The third kappa shape index (κ3) is 5.42. The topological polar surface area (TPSA) is 46.5 Å². The van der Waals surface area contributed by atoms with Crippen molar-refractivity contribution >= 4 is 18.1 Å². The quantitative estimate of drug-likeness (QED) is 0.483. The Balaban J connectivity index is 0.000000612. The lowest BCUT2D eigenvalue weighted by molar-refractivity contribution is -0.106. The van der Waals surface area contributed by atoms with E-state index in [1.807, 2.05) is 24.3 Å². The van der Waals surface area contributed by atoms with E-state index in [4.69, 9.17) is 4.79 Å². The van der Waals surface area contributed by atoms with Crippen LogP contribution in [0.15, 0.2) is 53.5 Å². The molecule has 0 unspecified atom stereocenters. The molecule has 0 fully saturated rings. The summed E-state index contributed by atoms with van der Waals surface area (Å²) in [6, 6.07) is 16.1. The predicted octanol–water partition coefficient (Wildman–Crippen LogP) is 3.76. The highest BCUT2D eigenvalue weighted by atomic mass is 16.1. The zero-order valence-electron chi connectivity index (χ0n) is 11.7. The molecule has 102 valence electrons. The van der Waals surface area contributed by atoms with Crippen LogP contribution in [-0.2, 0) is 16.0 Å². The minimum absolute atomic E-state index is 0.646. The zero-order chi connectivity index (χ0) is 14.8. The molecule has 20 heavy (non-hydrogen) atoms. The fourth-order valence-corrected chi connectivity index (χ4v) is 1.68. The molecular formula is C17H17NO2. The second-order valence-corrected chi connectivity index (χ2v) is 4.27. The van der Waals surface area contributed by atoms with Gasteiger partial charge in [0.2, 0.25) is 6.08 Å². The highest BCUT2D eigenvalue weighted by Crippen LogP contribution is 2.15. The fourth-order valence-electron chi connectivity index (χ4n) is 1.68. The number of hydrogen-bond donors (Lipinski definition) is 0. The number of isocyanates is 1. The summed E-state index contributed by atoms with van der Waals surface area (Å²) < 4.78 is 0. The van der Waals surface area contributed by atoms with Crippen molar-refractivity contribution in [1.82, 2.24) is 0 Å². The lowest BCUT2D eigenvalue weighted by Crippen LogP contribution is -1.87. The van der Waals surface area contributed by atoms with Gasteiger partial charge in [-0.25, -0.2) is 4.79 Å². The average Bonchev–Trinajstić information content (AvgIpc) is 2.45. The van der Waals surface area contributed by atoms with E-state index in [0.29, 0.717) is 5.69 Å². The Morgan fingerprint density at radius 1 is 1.00 bits per heavy atom. The molecule has 0 atom stereocenters. The number of hydrogen-bond acceptors (Lipinski definition) is 3. The smallest absolute Gasteiger partial charge is 0.240 e. The van der Waals surface area contributed by atoms with Crippen molar-refractivity contribution in [3.05, 3.63) is 65.2 Å². The Morgan fingerprint density at radius 2 is 1.45 bits per heavy atom. The standard InChI is InChI=1S/C15H13NO.C2H4O/c1-12-2-4-13(5-3-12)10-14-6-8-15(9-7-14)16-11-17;1-2-3/h2-9H,10H2,1H3;2H,1H3. The van der Waals surface area contributed by atoms with Gasteiger partial charge in [-0.3, -0.25) is 0 Å². The number of aryl methyl sites for hydroxylation is 1. The van der Waals surface area contributed by atoms with Crippen molar-refractivity contribution in [3.63, 3.8) is 0 Å². The predicted molar refractivity (Wildman–Crippen MR) is 79.9 cm³/mol. The first kappa shape index (κ1) is 15.5. The maximum Gasteiger partial charge on any atom is 0.240 e. The summed E-state index contributed by atoms with van der Waals surface area (Å²) >= 11 is 0. The van der Waals surface area contributed by atoms with Gasteiger partial charge in [0.05, 0.1) is 5.69 Å². The third-order valence-electron chi connectivity index (χ3n) is 2.64. The number of aliphatic imine (C=N–C) groups is 1. The summed E-state index contributed by atoms with van der Waals surface area (Å²) in [6.07, 6.45) is 3.18. The largest absolute Gasteiger partial charge is 0.304 e. The van der Waals surface area contributed by atoms with E-state index in [1.54, 1.807) is 0 Å².